The molecular formula is C28H26N2O6. The Balaban J connectivity index is 1.70. The lowest BCUT2D eigenvalue weighted by Crippen LogP contribution is -2.57. The molecule has 36 heavy (non-hydrogen) atoms. The van der Waals surface area contributed by atoms with E-state index in [4.69, 9.17) is 4.74 Å². The standard InChI is InChI=1S/C28H26N2O6/c1-16-9-6-7-13-19(16)30-25(32)21-22(26(30)33)28(27(34)35,15-17-10-4-3-5-11-17)29-23(21)18-12-8-14-20(36-2)24(18)31/h3-14,21-23,29,31H,15H2,1-2H3,(H,34,35). The van der Waals surface area contributed by atoms with Gasteiger partial charge in [0.15, 0.2) is 11.5 Å². The Labute approximate surface area is 208 Å². The van der Waals surface area contributed by atoms with Crippen molar-refractivity contribution in [3.8, 4) is 11.5 Å². The summed E-state index contributed by atoms with van der Waals surface area (Å²) in [6.45, 7) is 1.79. The van der Waals surface area contributed by atoms with Gasteiger partial charge < -0.3 is 14.9 Å². The molecule has 0 radical (unpaired) electrons. The minimum atomic E-state index is -1.78. The van der Waals surface area contributed by atoms with Crippen molar-refractivity contribution in [1.82, 2.24) is 5.32 Å². The number of fused-ring (bicyclic) bond motifs is 1. The van der Waals surface area contributed by atoms with Gasteiger partial charge in [0.2, 0.25) is 11.8 Å². The molecule has 0 spiro atoms. The Morgan fingerprint density at radius 1 is 1.00 bits per heavy atom. The van der Waals surface area contributed by atoms with Gasteiger partial charge in [0.25, 0.3) is 0 Å². The largest absolute Gasteiger partial charge is 0.504 e. The first-order chi connectivity index (χ1) is 17.3. The van der Waals surface area contributed by atoms with Gasteiger partial charge in [-0.3, -0.25) is 19.7 Å². The van der Waals surface area contributed by atoms with E-state index in [0.29, 0.717) is 16.8 Å². The zero-order valence-corrected chi connectivity index (χ0v) is 19.8. The minimum absolute atomic E-state index is 0.0216. The van der Waals surface area contributed by atoms with Crippen LogP contribution in [0.4, 0.5) is 5.69 Å². The van der Waals surface area contributed by atoms with Crippen LogP contribution < -0.4 is 15.0 Å². The van der Waals surface area contributed by atoms with Crippen LogP contribution >= 0.6 is 0 Å². The molecule has 2 amide bonds. The topological polar surface area (TPSA) is 116 Å². The van der Waals surface area contributed by atoms with E-state index in [9.17, 15) is 24.6 Å². The van der Waals surface area contributed by atoms with Gasteiger partial charge in [0, 0.05) is 18.0 Å². The fourth-order valence-corrected chi connectivity index (χ4v) is 5.63. The van der Waals surface area contributed by atoms with Gasteiger partial charge in [0.05, 0.1) is 24.6 Å². The molecule has 8 nitrogen and oxygen atoms in total. The number of carboxylic acids is 1. The van der Waals surface area contributed by atoms with Crippen LogP contribution in [-0.4, -0.2) is 40.6 Å². The number of hydrogen-bond acceptors (Lipinski definition) is 6. The third-order valence-electron chi connectivity index (χ3n) is 7.30. The highest BCUT2D eigenvalue weighted by molar-refractivity contribution is 6.24. The van der Waals surface area contributed by atoms with E-state index in [1.165, 1.54) is 7.11 Å². The second kappa shape index (κ2) is 8.80. The van der Waals surface area contributed by atoms with Crippen LogP contribution in [0.2, 0.25) is 0 Å². The highest BCUT2D eigenvalue weighted by atomic mass is 16.5. The van der Waals surface area contributed by atoms with Gasteiger partial charge >= 0.3 is 5.97 Å². The number of carbonyl (C=O) groups excluding carboxylic acids is 2. The van der Waals surface area contributed by atoms with Crippen LogP contribution in [0.5, 0.6) is 11.5 Å². The smallest absolute Gasteiger partial charge is 0.325 e. The molecule has 2 saturated heterocycles. The van der Waals surface area contributed by atoms with E-state index in [1.54, 1.807) is 73.7 Å². The van der Waals surface area contributed by atoms with Crippen molar-refractivity contribution in [2.24, 2.45) is 11.8 Å². The number of rotatable bonds is 6. The number of para-hydroxylation sites is 2. The zero-order chi connectivity index (χ0) is 25.6. The number of aromatic hydroxyl groups is 1. The van der Waals surface area contributed by atoms with E-state index in [-0.39, 0.29) is 17.9 Å². The highest BCUT2D eigenvalue weighted by Gasteiger charge is 2.69. The predicted molar refractivity (Wildman–Crippen MR) is 132 cm³/mol. The molecule has 184 valence electrons. The maximum atomic E-state index is 14.0. The maximum absolute atomic E-state index is 14.0. The van der Waals surface area contributed by atoms with Crippen molar-refractivity contribution in [3.05, 3.63) is 89.5 Å². The van der Waals surface area contributed by atoms with Gasteiger partial charge in [-0.25, -0.2) is 4.90 Å². The highest BCUT2D eigenvalue weighted by Crippen LogP contribution is 2.53. The Morgan fingerprint density at radius 3 is 2.36 bits per heavy atom. The van der Waals surface area contributed by atoms with Crippen LogP contribution in [0, 0.1) is 18.8 Å². The number of imide groups is 1. The van der Waals surface area contributed by atoms with Crippen LogP contribution in [0.3, 0.4) is 0 Å². The average Bonchev–Trinajstić information content (AvgIpc) is 3.34. The first-order valence-corrected chi connectivity index (χ1v) is 11.6. The number of methoxy groups -OCH3 is 1. The van der Waals surface area contributed by atoms with E-state index in [0.717, 1.165) is 10.5 Å². The number of ether oxygens (including phenoxy) is 1. The molecule has 0 aromatic heterocycles. The average molecular weight is 487 g/mol. The number of benzene rings is 3. The van der Waals surface area contributed by atoms with Gasteiger partial charge in [-0.1, -0.05) is 60.7 Å². The summed E-state index contributed by atoms with van der Waals surface area (Å²) in [7, 11) is 1.41. The van der Waals surface area contributed by atoms with Gasteiger partial charge in [-0.2, -0.15) is 0 Å². The maximum Gasteiger partial charge on any atom is 0.325 e. The number of carbonyl (C=O) groups is 3. The van der Waals surface area contributed by atoms with E-state index in [2.05, 4.69) is 5.32 Å². The first kappa shape index (κ1) is 23.6. The van der Waals surface area contributed by atoms with Crippen LogP contribution in [-0.2, 0) is 20.8 Å². The second-order valence-corrected chi connectivity index (χ2v) is 9.26. The molecule has 5 rings (SSSR count). The second-order valence-electron chi connectivity index (χ2n) is 9.26. The molecule has 4 atom stereocenters. The third-order valence-corrected chi connectivity index (χ3v) is 7.30. The number of nitrogens with zero attached hydrogens (tertiary/aromatic N) is 1. The SMILES string of the molecule is COc1cccc(C2NC(Cc3ccccc3)(C(=O)O)C3C(=O)N(c4ccccc4C)C(=O)C23)c1O. The number of phenols is 1. The van der Waals surface area contributed by atoms with Crippen molar-refractivity contribution >= 4 is 23.5 Å². The Morgan fingerprint density at radius 2 is 1.69 bits per heavy atom. The summed E-state index contributed by atoms with van der Waals surface area (Å²) in [5, 5.41) is 24.6. The molecule has 2 heterocycles. The molecule has 2 aliphatic rings. The molecule has 4 unspecified atom stereocenters. The number of amides is 2. The molecule has 0 aliphatic carbocycles. The zero-order valence-electron chi connectivity index (χ0n) is 19.8. The Kier molecular flexibility index (Phi) is 5.76. The molecule has 2 fully saturated rings. The van der Waals surface area contributed by atoms with Gasteiger partial charge in [0.1, 0.15) is 5.54 Å². The lowest BCUT2D eigenvalue weighted by Gasteiger charge is -2.31. The number of aliphatic carboxylic acids is 1. The summed E-state index contributed by atoms with van der Waals surface area (Å²) in [6, 6.07) is 19.9. The van der Waals surface area contributed by atoms with Crippen molar-refractivity contribution < 1.29 is 29.3 Å². The van der Waals surface area contributed by atoms with Gasteiger partial charge in [-0.15, -0.1) is 0 Å². The van der Waals surface area contributed by atoms with Crippen LogP contribution in [0.15, 0.2) is 72.8 Å². The first-order valence-electron chi connectivity index (χ1n) is 11.6. The molecule has 2 aliphatic heterocycles. The molecule has 8 heteroatoms. The molecule has 3 aromatic rings. The van der Waals surface area contributed by atoms with Crippen molar-refractivity contribution in [2.45, 2.75) is 24.9 Å². The predicted octanol–water partition coefficient (Wildman–Crippen LogP) is 3.23. The van der Waals surface area contributed by atoms with Crippen molar-refractivity contribution in [3.63, 3.8) is 0 Å². The summed E-state index contributed by atoms with van der Waals surface area (Å²) < 4.78 is 5.25. The summed E-state index contributed by atoms with van der Waals surface area (Å²) in [5.41, 5.74) is 0.368. The molecule has 0 bridgehead atoms. The molecule has 3 aromatic carbocycles. The number of nitrogens with one attached hydrogen (secondary N) is 1. The van der Waals surface area contributed by atoms with E-state index >= 15 is 0 Å². The fraction of sp³-hybridized carbons (Fsp3) is 0.250. The normalized spacial score (nSPS) is 25.2. The number of carboxylic acid groups (broad SMARTS) is 1. The third kappa shape index (κ3) is 3.45. The quantitative estimate of drug-likeness (QED) is 0.458. The molecule has 0 saturated carbocycles. The fourth-order valence-electron chi connectivity index (χ4n) is 5.63. The number of aryl methyl sites for hydroxylation is 1. The Hall–Kier alpha value is -4.17. The lowest BCUT2D eigenvalue weighted by molar-refractivity contribution is -0.148. The summed E-state index contributed by atoms with van der Waals surface area (Å²) in [6.07, 6.45) is -0.0216. The van der Waals surface area contributed by atoms with E-state index in [1.807, 2.05) is 6.07 Å². The van der Waals surface area contributed by atoms with E-state index < -0.39 is 41.2 Å². The molecular weight excluding hydrogens is 460 g/mol. The van der Waals surface area contributed by atoms with Gasteiger partial charge in [-0.05, 0) is 30.2 Å². The number of anilines is 1. The Bertz CT molecular complexity index is 1360. The van der Waals surface area contributed by atoms with Crippen LogP contribution in [0.1, 0.15) is 22.7 Å². The lowest BCUT2D eigenvalue weighted by atomic mass is 9.76. The summed E-state index contributed by atoms with van der Waals surface area (Å²) in [4.78, 5) is 42.0. The monoisotopic (exact) mass is 486 g/mol. The summed E-state index contributed by atoms with van der Waals surface area (Å²) in [5.74, 6) is -4.57. The number of phenolic OH excluding ortho intramolecular Hbond substituents is 1. The molecule has 3 N–H and O–H groups in total. The van der Waals surface area contributed by atoms with Crippen molar-refractivity contribution in [1.29, 1.82) is 0 Å². The summed E-state index contributed by atoms with van der Waals surface area (Å²) >= 11 is 0. The van der Waals surface area contributed by atoms with Crippen molar-refractivity contribution in [2.75, 3.05) is 12.0 Å². The number of hydrogen-bond donors (Lipinski definition) is 3. The minimum Gasteiger partial charge on any atom is -0.504 e. The van der Waals surface area contributed by atoms with Crippen LogP contribution in [0.25, 0.3) is 0 Å².